The number of ketones is 1. The lowest BCUT2D eigenvalue weighted by molar-refractivity contribution is -0.385. The van der Waals surface area contributed by atoms with Crippen LogP contribution in [0.15, 0.2) is 46.4 Å². The maximum Gasteiger partial charge on any atom is 0.359 e. The molecule has 0 radical (unpaired) electrons. The van der Waals surface area contributed by atoms with E-state index < -0.39 is 97.1 Å². The minimum atomic E-state index is -2.80. The molecule has 60 heavy (non-hydrogen) atoms. The number of anilines is 2. The SMILES string of the molecule is CC(C)(C)OC(=O)c1cc(NOC(=O)C(N)(CCCN=C(N)N)C(=O)C(N)(CCCN=C(N)N)C(=O)ONc2ccc([N+](=O)[O-])c(C(=O)OC(C)(C)C)c2)ccc1[N+](=O)[O-]. The van der Waals surface area contributed by atoms with Crippen molar-refractivity contribution in [2.24, 2.45) is 44.4 Å². The van der Waals surface area contributed by atoms with Crippen LogP contribution in [0.5, 0.6) is 0 Å². The van der Waals surface area contributed by atoms with E-state index in [4.69, 9.17) is 53.6 Å². The van der Waals surface area contributed by atoms with Crippen molar-refractivity contribution in [2.75, 3.05) is 24.0 Å². The molecule has 0 fully saturated rings. The predicted molar refractivity (Wildman–Crippen MR) is 215 cm³/mol. The van der Waals surface area contributed by atoms with Crippen LogP contribution in [0.2, 0.25) is 0 Å². The van der Waals surface area contributed by atoms with Crippen LogP contribution in [0.1, 0.15) is 87.9 Å². The summed E-state index contributed by atoms with van der Waals surface area (Å²) in [6.45, 7) is 8.86. The van der Waals surface area contributed by atoms with Gasteiger partial charge in [0.25, 0.3) is 11.4 Å². The monoisotopic (exact) mass is 846 g/mol. The van der Waals surface area contributed by atoms with Crippen LogP contribution in [0, 0.1) is 20.2 Å². The Balaban J connectivity index is 2.58. The maximum absolute atomic E-state index is 14.5. The molecule has 0 saturated heterocycles. The van der Waals surface area contributed by atoms with Gasteiger partial charge in [-0.2, -0.15) is 0 Å². The molecule has 0 bridgehead atoms. The molecule has 2 aromatic carbocycles. The fourth-order valence-corrected chi connectivity index (χ4v) is 5.05. The van der Waals surface area contributed by atoms with Crippen LogP contribution >= 0.6 is 0 Å². The molecule has 0 heterocycles. The fraction of sp³-hybridized carbons (Fsp3) is 0.457. The molecule has 25 heteroatoms. The number of hydrogen-bond acceptors (Lipinski definition) is 19. The van der Waals surface area contributed by atoms with Gasteiger partial charge in [0.15, 0.2) is 28.8 Å². The summed E-state index contributed by atoms with van der Waals surface area (Å²) in [6.07, 6.45) is -1.57. The number of carbonyl (C=O) groups excluding carboxylic acids is 5. The molecule has 2 atom stereocenters. The van der Waals surface area contributed by atoms with Crippen LogP contribution in [0.3, 0.4) is 0 Å². The van der Waals surface area contributed by atoms with E-state index in [9.17, 15) is 44.2 Å². The second-order valence-electron chi connectivity index (χ2n) is 15.1. The van der Waals surface area contributed by atoms with Crippen LogP contribution in [0.4, 0.5) is 22.7 Å². The second kappa shape index (κ2) is 20.0. The molecule has 0 spiro atoms. The topological polar surface area (TPSA) is 413 Å². The Morgan fingerprint density at radius 3 is 1.25 bits per heavy atom. The molecule has 0 amide bonds. The number of Topliss-reactive ketones (excluding diaryl/α,β-unsaturated/α-hetero) is 1. The first kappa shape index (κ1) is 49.0. The number of aliphatic imine (C=N–C) groups is 2. The minimum absolute atomic E-state index is 0.176. The van der Waals surface area contributed by atoms with Crippen molar-refractivity contribution < 1.29 is 53.0 Å². The number of nitrogens with zero attached hydrogens (tertiary/aromatic N) is 4. The van der Waals surface area contributed by atoms with Gasteiger partial charge < -0.3 is 53.6 Å². The van der Waals surface area contributed by atoms with Crippen molar-refractivity contribution >= 4 is 64.3 Å². The van der Waals surface area contributed by atoms with Crippen LogP contribution in [0.25, 0.3) is 0 Å². The molecule has 328 valence electrons. The van der Waals surface area contributed by atoms with E-state index in [1.165, 1.54) is 41.5 Å². The van der Waals surface area contributed by atoms with Crippen molar-refractivity contribution in [3.63, 3.8) is 0 Å². The highest BCUT2D eigenvalue weighted by Gasteiger charge is 2.56. The number of carbonyl (C=O) groups is 5. The van der Waals surface area contributed by atoms with E-state index in [0.29, 0.717) is 0 Å². The molecule has 25 nitrogen and oxygen atoms in total. The average molecular weight is 847 g/mol. The zero-order valence-electron chi connectivity index (χ0n) is 33.8. The quantitative estimate of drug-likeness (QED) is 0.0134. The summed E-state index contributed by atoms with van der Waals surface area (Å²) in [7, 11) is 0. The number of benzene rings is 2. The highest BCUT2D eigenvalue weighted by atomic mass is 16.7. The molecule has 0 aliphatic carbocycles. The number of guanidine groups is 2. The Morgan fingerprint density at radius 2 is 0.967 bits per heavy atom. The number of hydrogen-bond donors (Lipinski definition) is 8. The van der Waals surface area contributed by atoms with Gasteiger partial charge in [-0.15, -0.1) is 0 Å². The van der Waals surface area contributed by atoms with Crippen LogP contribution in [-0.4, -0.2) is 86.8 Å². The number of nitrogens with one attached hydrogen (secondary N) is 2. The van der Waals surface area contributed by atoms with Gasteiger partial charge in [-0.05, 0) is 91.5 Å². The Labute approximate surface area is 342 Å². The number of nitrogens with two attached hydrogens (primary N) is 6. The normalized spacial score (nSPS) is 13.2. The van der Waals surface area contributed by atoms with E-state index in [-0.39, 0.29) is 49.2 Å². The fourth-order valence-electron chi connectivity index (χ4n) is 5.05. The zero-order chi connectivity index (χ0) is 45.8. The lowest BCUT2D eigenvalue weighted by atomic mass is 9.76. The molecule has 0 aromatic heterocycles. The largest absolute Gasteiger partial charge is 0.456 e. The summed E-state index contributed by atoms with van der Waals surface area (Å²) < 4.78 is 10.5. The van der Waals surface area contributed by atoms with E-state index in [1.54, 1.807) is 0 Å². The third-order valence-electron chi connectivity index (χ3n) is 7.73. The Hall–Kier alpha value is -7.15. The Kier molecular flexibility index (Phi) is 16.3. The maximum atomic E-state index is 14.5. The standard InChI is InChI=1S/C35H50N12O13/c1-32(2,3)57-25(48)21-17-19(9-11-23(21)46(53)54)44-59-28(51)34(40,13-7-15-42-30(36)37)27(50)35(41,14-8-16-43-31(38)39)29(52)60-45-20-10-12-24(47(55)56)22(18-20)26(49)58-33(4,5)6/h9-12,17-18,44-45H,7-8,13-16,40-41H2,1-6H3,(H4,36,37,42)(H4,38,39,43). The lowest BCUT2D eigenvalue weighted by Gasteiger charge is -2.34. The molecular formula is C35H50N12O13. The van der Waals surface area contributed by atoms with E-state index in [1.807, 2.05) is 0 Å². The first-order chi connectivity index (χ1) is 27.6. The Bertz CT molecular complexity index is 1900. The molecule has 0 aliphatic rings. The predicted octanol–water partition coefficient (Wildman–Crippen LogP) is 0.925. The van der Waals surface area contributed by atoms with Gasteiger partial charge in [0.05, 0.1) is 21.2 Å². The summed E-state index contributed by atoms with van der Waals surface area (Å²) in [4.78, 5) is 107. The van der Waals surface area contributed by atoms with E-state index >= 15 is 0 Å². The number of nitro benzene ring substituents is 2. The number of esters is 2. The summed E-state index contributed by atoms with van der Waals surface area (Å²) in [6, 6.07) is 5.90. The van der Waals surface area contributed by atoms with Crippen molar-refractivity contribution in [1.29, 1.82) is 0 Å². The molecule has 0 aliphatic heterocycles. The van der Waals surface area contributed by atoms with E-state index in [0.717, 1.165) is 36.4 Å². The molecule has 14 N–H and O–H groups in total. The summed E-state index contributed by atoms with van der Waals surface area (Å²) in [5.74, 6) is -7.37. The third-order valence-corrected chi connectivity index (χ3v) is 7.73. The van der Waals surface area contributed by atoms with Crippen LogP contribution in [-0.2, 0) is 33.5 Å². The highest BCUT2D eigenvalue weighted by Crippen LogP contribution is 2.29. The summed E-state index contributed by atoms with van der Waals surface area (Å²) in [5, 5.41) is 23.3. The van der Waals surface area contributed by atoms with Crippen molar-refractivity contribution in [2.45, 2.75) is 89.5 Å². The molecule has 2 aromatic rings. The molecule has 2 rings (SSSR count). The van der Waals surface area contributed by atoms with E-state index in [2.05, 4.69) is 20.9 Å². The third kappa shape index (κ3) is 14.0. The number of ether oxygens (including phenoxy) is 2. The van der Waals surface area contributed by atoms with Crippen molar-refractivity contribution in [3.8, 4) is 0 Å². The van der Waals surface area contributed by atoms with Gasteiger partial charge in [-0.1, -0.05) is 0 Å². The van der Waals surface area contributed by atoms with Crippen LogP contribution < -0.4 is 45.4 Å². The highest BCUT2D eigenvalue weighted by molar-refractivity contribution is 6.20. The second-order valence-corrected chi connectivity index (χ2v) is 15.1. The first-order valence-corrected chi connectivity index (χ1v) is 17.8. The van der Waals surface area contributed by atoms with Gasteiger partial charge in [0.2, 0.25) is 0 Å². The Morgan fingerprint density at radius 1 is 0.633 bits per heavy atom. The van der Waals surface area contributed by atoms with Gasteiger partial charge in [-0.25, -0.2) is 30.1 Å². The number of nitro groups is 2. The zero-order valence-corrected chi connectivity index (χ0v) is 33.8. The molecule has 2 unspecified atom stereocenters. The summed E-state index contributed by atoms with van der Waals surface area (Å²) in [5.41, 5.74) is 28.5. The first-order valence-electron chi connectivity index (χ1n) is 17.8. The van der Waals surface area contributed by atoms with Gasteiger partial charge in [0, 0.05) is 25.2 Å². The molecule has 0 saturated carbocycles. The van der Waals surface area contributed by atoms with Gasteiger partial charge >= 0.3 is 23.9 Å². The lowest BCUT2D eigenvalue weighted by Crippen LogP contribution is -2.69. The van der Waals surface area contributed by atoms with Crippen molar-refractivity contribution in [3.05, 3.63) is 67.8 Å². The average Bonchev–Trinajstić information content (AvgIpc) is 3.13. The van der Waals surface area contributed by atoms with Crippen molar-refractivity contribution in [1.82, 2.24) is 0 Å². The summed E-state index contributed by atoms with van der Waals surface area (Å²) >= 11 is 0. The van der Waals surface area contributed by atoms with Gasteiger partial charge in [-0.3, -0.25) is 35.0 Å². The smallest absolute Gasteiger partial charge is 0.359 e. The molecular weight excluding hydrogens is 796 g/mol. The number of rotatable bonds is 20. The van der Waals surface area contributed by atoms with Gasteiger partial charge in [0.1, 0.15) is 22.3 Å². The minimum Gasteiger partial charge on any atom is -0.456 e.